The Bertz CT molecular complexity index is 920. The van der Waals surface area contributed by atoms with Crippen LogP contribution in [0.15, 0.2) is 66.7 Å². The summed E-state index contributed by atoms with van der Waals surface area (Å²) in [6, 6.07) is 21.7. The number of benzene rings is 3. The molecule has 30 heavy (non-hydrogen) atoms. The second kappa shape index (κ2) is 12.7. The lowest BCUT2D eigenvalue weighted by Crippen LogP contribution is -2.17. The van der Waals surface area contributed by atoms with Crippen LogP contribution in [0.2, 0.25) is 10.0 Å². The second-order valence-electron chi connectivity index (χ2n) is 6.61. The molecule has 6 heteroatoms. The van der Waals surface area contributed by atoms with Crippen LogP contribution in [0.1, 0.15) is 23.6 Å². The lowest BCUT2D eigenvalue weighted by atomic mass is 10.1. The number of nitrogens with one attached hydrogen (secondary N) is 1. The van der Waals surface area contributed by atoms with Crippen LogP contribution in [-0.4, -0.2) is 13.2 Å². The molecule has 0 amide bonds. The maximum Gasteiger partial charge on any atom is 0.166 e. The van der Waals surface area contributed by atoms with Gasteiger partial charge < -0.3 is 14.8 Å². The smallest absolute Gasteiger partial charge is 0.166 e. The highest BCUT2D eigenvalue weighted by atomic mass is 35.5. The molecule has 0 aliphatic carbocycles. The van der Waals surface area contributed by atoms with Gasteiger partial charge >= 0.3 is 0 Å². The van der Waals surface area contributed by atoms with Gasteiger partial charge in [-0.05, 0) is 49.2 Å². The summed E-state index contributed by atoms with van der Waals surface area (Å²) in [7, 11) is 0. The van der Waals surface area contributed by atoms with Gasteiger partial charge in [0.05, 0.1) is 6.61 Å². The van der Waals surface area contributed by atoms with Gasteiger partial charge in [-0.1, -0.05) is 71.7 Å². The fourth-order valence-electron chi connectivity index (χ4n) is 3.03. The largest absolute Gasteiger partial charge is 0.490 e. The molecule has 0 aliphatic heterocycles. The van der Waals surface area contributed by atoms with Crippen LogP contribution in [0, 0.1) is 0 Å². The molecule has 3 aromatic carbocycles. The van der Waals surface area contributed by atoms with E-state index in [-0.39, 0.29) is 12.4 Å². The number of ether oxygens (including phenoxy) is 2. The SMILES string of the molecule is CCOc1cccc(CNCCc2ccc(Cl)cc2Cl)c1OCc1ccccc1.Cl. The van der Waals surface area contributed by atoms with Gasteiger partial charge in [0.15, 0.2) is 11.5 Å². The number of para-hydroxylation sites is 1. The summed E-state index contributed by atoms with van der Waals surface area (Å²) in [6.45, 7) is 4.53. The predicted octanol–water partition coefficient (Wildman–Crippen LogP) is 6.73. The quantitative estimate of drug-likeness (QED) is 0.336. The molecule has 0 saturated heterocycles. The van der Waals surface area contributed by atoms with Gasteiger partial charge in [0.2, 0.25) is 0 Å². The van der Waals surface area contributed by atoms with Crippen molar-refractivity contribution in [1.82, 2.24) is 5.32 Å². The molecular formula is C24H26Cl3NO2. The van der Waals surface area contributed by atoms with E-state index in [9.17, 15) is 0 Å². The van der Waals surface area contributed by atoms with Crippen molar-refractivity contribution >= 4 is 35.6 Å². The van der Waals surface area contributed by atoms with Crippen LogP contribution >= 0.6 is 35.6 Å². The summed E-state index contributed by atoms with van der Waals surface area (Å²) in [6.07, 6.45) is 0.821. The van der Waals surface area contributed by atoms with E-state index in [4.69, 9.17) is 32.7 Å². The van der Waals surface area contributed by atoms with Gasteiger partial charge in [0, 0.05) is 22.2 Å². The van der Waals surface area contributed by atoms with E-state index >= 15 is 0 Å². The minimum absolute atomic E-state index is 0. The Kier molecular flexibility index (Phi) is 10.3. The Morgan fingerprint density at radius 2 is 1.67 bits per heavy atom. The third kappa shape index (κ3) is 7.10. The molecular weight excluding hydrogens is 441 g/mol. The summed E-state index contributed by atoms with van der Waals surface area (Å²) in [4.78, 5) is 0. The molecule has 0 atom stereocenters. The fraction of sp³-hybridized carbons (Fsp3) is 0.250. The topological polar surface area (TPSA) is 30.5 Å². The van der Waals surface area contributed by atoms with E-state index in [0.717, 1.165) is 41.2 Å². The van der Waals surface area contributed by atoms with Crippen molar-refractivity contribution in [2.45, 2.75) is 26.5 Å². The zero-order valence-corrected chi connectivity index (χ0v) is 19.2. The zero-order valence-electron chi connectivity index (χ0n) is 16.9. The lowest BCUT2D eigenvalue weighted by Gasteiger charge is -2.16. The monoisotopic (exact) mass is 465 g/mol. The standard InChI is InChI=1S/C24H25Cl2NO2.ClH/c1-2-28-23-10-6-9-20(24(23)29-17-18-7-4-3-5-8-18)16-27-14-13-19-11-12-21(25)15-22(19)26;/h3-12,15,27H,2,13-14,16-17H2,1H3;1H. The van der Waals surface area contributed by atoms with Crippen molar-refractivity contribution in [2.24, 2.45) is 0 Å². The Labute approximate surface area is 194 Å². The lowest BCUT2D eigenvalue weighted by molar-refractivity contribution is 0.266. The average Bonchev–Trinajstić information content (AvgIpc) is 2.73. The van der Waals surface area contributed by atoms with Crippen LogP contribution in [-0.2, 0) is 19.6 Å². The molecule has 0 aromatic heterocycles. The minimum Gasteiger partial charge on any atom is -0.490 e. The molecule has 0 aliphatic rings. The average molecular weight is 467 g/mol. The Balaban J connectivity index is 0.00000320. The van der Waals surface area contributed by atoms with Crippen molar-refractivity contribution in [3.05, 3.63) is 93.5 Å². The number of rotatable bonds is 10. The predicted molar refractivity (Wildman–Crippen MR) is 128 cm³/mol. The third-order valence-corrected chi connectivity index (χ3v) is 5.07. The van der Waals surface area contributed by atoms with Crippen LogP contribution < -0.4 is 14.8 Å². The van der Waals surface area contributed by atoms with E-state index in [1.54, 1.807) is 6.07 Å². The Morgan fingerprint density at radius 3 is 2.40 bits per heavy atom. The molecule has 0 bridgehead atoms. The summed E-state index contributed by atoms with van der Waals surface area (Å²) in [5, 5.41) is 4.82. The van der Waals surface area contributed by atoms with E-state index in [0.29, 0.717) is 29.8 Å². The van der Waals surface area contributed by atoms with Crippen LogP contribution in [0.4, 0.5) is 0 Å². The Morgan fingerprint density at radius 1 is 0.867 bits per heavy atom. The summed E-state index contributed by atoms with van der Waals surface area (Å²) < 4.78 is 11.9. The zero-order chi connectivity index (χ0) is 20.5. The van der Waals surface area contributed by atoms with Crippen molar-refractivity contribution < 1.29 is 9.47 Å². The first-order valence-corrected chi connectivity index (χ1v) is 10.5. The maximum absolute atomic E-state index is 6.26. The summed E-state index contributed by atoms with van der Waals surface area (Å²) in [5.41, 5.74) is 3.26. The fourth-order valence-corrected chi connectivity index (χ4v) is 3.54. The highest BCUT2D eigenvalue weighted by molar-refractivity contribution is 6.35. The van der Waals surface area contributed by atoms with E-state index in [1.165, 1.54) is 0 Å². The van der Waals surface area contributed by atoms with Gasteiger partial charge in [-0.3, -0.25) is 0 Å². The molecule has 160 valence electrons. The van der Waals surface area contributed by atoms with Crippen molar-refractivity contribution in [2.75, 3.05) is 13.2 Å². The van der Waals surface area contributed by atoms with Gasteiger partial charge in [-0.15, -0.1) is 12.4 Å². The van der Waals surface area contributed by atoms with Crippen LogP contribution in [0.3, 0.4) is 0 Å². The first-order valence-electron chi connectivity index (χ1n) is 9.73. The van der Waals surface area contributed by atoms with Crippen LogP contribution in [0.25, 0.3) is 0 Å². The maximum atomic E-state index is 6.26. The first kappa shape index (κ1) is 24.4. The number of hydrogen-bond donors (Lipinski definition) is 1. The van der Waals surface area contributed by atoms with E-state index < -0.39 is 0 Å². The first-order chi connectivity index (χ1) is 14.2. The number of hydrogen-bond acceptors (Lipinski definition) is 3. The minimum atomic E-state index is 0. The third-order valence-electron chi connectivity index (χ3n) is 4.49. The van der Waals surface area contributed by atoms with E-state index in [1.807, 2.05) is 49.4 Å². The van der Waals surface area contributed by atoms with Gasteiger partial charge in [-0.25, -0.2) is 0 Å². The molecule has 3 nitrogen and oxygen atoms in total. The summed E-state index contributed by atoms with van der Waals surface area (Å²) in [5.74, 6) is 1.55. The highest BCUT2D eigenvalue weighted by Crippen LogP contribution is 2.32. The van der Waals surface area contributed by atoms with Crippen molar-refractivity contribution in [3.8, 4) is 11.5 Å². The normalized spacial score (nSPS) is 10.4. The number of halogens is 3. The second-order valence-corrected chi connectivity index (χ2v) is 7.46. The Hall–Kier alpha value is -1.91. The summed E-state index contributed by atoms with van der Waals surface area (Å²) >= 11 is 12.2. The molecule has 3 rings (SSSR count). The van der Waals surface area contributed by atoms with Crippen LogP contribution in [0.5, 0.6) is 11.5 Å². The molecule has 0 unspecified atom stereocenters. The molecule has 0 spiro atoms. The van der Waals surface area contributed by atoms with Crippen molar-refractivity contribution in [3.63, 3.8) is 0 Å². The molecule has 3 aromatic rings. The van der Waals surface area contributed by atoms with Gasteiger partial charge in [0.25, 0.3) is 0 Å². The molecule has 0 saturated carbocycles. The van der Waals surface area contributed by atoms with E-state index in [2.05, 4.69) is 23.5 Å². The highest BCUT2D eigenvalue weighted by Gasteiger charge is 2.11. The molecule has 1 N–H and O–H groups in total. The van der Waals surface area contributed by atoms with Gasteiger partial charge in [-0.2, -0.15) is 0 Å². The van der Waals surface area contributed by atoms with Gasteiger partial charge in [0.1, 0.15) is 6.61 Å². The molecule has 0 heterocycles. The molecule has 0 fully saturated rings. The molecule has 0 radical (unpaired) electrons. The van der Waals surface area contributed by atoms with Crippen molar-refractivity contribution in [1.29, 1.82) is 0 Å².